The van der Waals surface area contributed by atoms with Crippen LogP contribution in [0.4, 0.5) is 0 Å². The van der Waals surface area contributed by atoms with Crippen LogP contribution in [0.3, 0.4) is 0 Å². The van der Waals surface area contributed by atoms with Crippen molar-refractivity contribution in [1.29, 1.82) is 0 Å². The van der Waals surface area contributed by atoms with Crippen LogP contribution < -0.4 is 21.2 Å². The van der Waals surface area contributed by atoms with Crippen LogP contribution in [0.1, 0.15) is 20.3 Å². The van der Waals surface area contributed by atoms with Gasteiger partial charge in [0.2, 0.25) is 0 Å². The summed E-state index contributed by atoms with van der Waals surface area (Å²) in [6.07, 6.45) is 1.46. The quantitative estimate of drug-likeness (QED) is 0.295. The first-order chi connectivity index (χ1) is 4.30. The average molecular weight is 240 g/mol. The molecule has 1 aliphatic heterocycles. The summed E-state index contributed by atoms with van der Waals surface area (Å²) in [5, 5.41) is 0. The number of rotatable bonds is 1. The predicted octanol–water partition coefficient (Wildman–Crippen LogP) is -1.85. The molecule has 1 rings (SSSR count). The topological polar surface area (TPSA) is 3.24 Å². The number of nitrogens with zero attached hydrogens (tertiary/aromatic N) is 1. The second-order valence-corrected chi connectivity index (χ2v) is 5.60. The first kappa shape index (κ1) is 7.79. The average Bonchev–Trinajstić information content (AvgIpc) is 1.90. The van der Waals surface area contributed by atoms with Gasteiger partial charge in [0, 0.05) is 0 Å². The second-order valence-electron chi connectivity index (χ2n) is 2.76. The normalized spacial score (nSPS) is 23.9. The van der Waals surface area contributed by atoms with Gasteiger partial charge >= 0.3 is 67.9 Å². The van der Waals surface area contributed by atoms with Gasteiger partial charge in [-0.25, -0.2) is 0 Å². The Hall–Kier alpha value is 0.690. The SMILES string of the molecule is CC(C)N1CCC[I-]C1. The van der Waals surface area contributed by atoms with E-state index in [-0.39, 0.29) is 0 Å². The molecule has 0 atom stereocenters. The van der Waals surface area contributed by atoms with Crippen molar-refractivity contribution in [3.05, 3.63) is 0 Å². The standard InChI is InChI=1S/C7H15IN/c1-7(2)9-5-3-4-8-6-9/h7H,3-6H2,1-2H3/q-1. The van der Waals surface area contributed by atoms with Crippen LogP contribution in [0.25, 0.3) is 0 Å². The molecule has 1 fully saturated rings. The van der Waals surface area contributed by atoms with Gasteiger partial charge in [0.25, 0.3) is 0 Å². The molecule has 0 amide bonds. The van der Waals surface area contributed by atoms with Gasteiger partial charge in [-0.2, -0.15) is 0 Å². The molecule has 56 valence electrons. The van der Waals surface area contributed by atoms with Gasteiger partial charge in [0.1, 0.15) is 0 Å². The molecule has 0 unspecified atom stereocenters. The maximum absolute atomic E-state index is 2.61. The Balaban J connectivity index is 2.23. The first-order valence-corrected chi connectivity index (χ1v) is 6.63. The van der Waals surface area contributed by atoms with E-state index in [9.17, 15) is 0 Å². The van der Waals surface area contributed by atoms with Gasteiger partial charge < -0.3 is 0 Å². The van der Waals surface area contributed by atoms with Gasteiger partial charge in [-0.05, 0) is 0 Å². The predicted molar refractivity (Wildman–Crippen MR) is 36.2 cm³/mol. The van der Waals surface area contributed by atoms with Gasteiger partial charge in [0.05, 0.1) is 0 Å². The van der Waals surface area contributed by atoms with Gasteiger partial charge in [-0.1, -0.05) is 0 Å². The minimum absolute atomic E-state index is 0.567. The van der Waals surface area contributed by atoms with Crippen LogP contribution in [-0.4, -0.2) is 26.5 Å². The van der Waals surface area contributed by atoms with Crippen LogP contribution in [0.15, 0.2) is 0 Å². The number of halogens is 1. The summed E-state index contributed by atoms with van der Waals surface area (Å²) in [5.74, 6) is 0. The van der Waals surface area contributed by atoms with Crippen molar-refractivity contribution < 1.29 is 21.2 Å². The summed E-state index contributed by atoms with van der Waals surface area (Å²) in [6.45, 7) is 5.96. The van der Waals surface area contributed by atoms with E-state index >= 15 is 0 Å². The third kappa shape index (κ3) is 2.42. The molecule has 2 heteroatoms. The zero-order valence-corrected chi connectivity index (χ0v) is 8.39. The van der Waals surface area contributed by atoms with Crippen LogP contribution in [-0.2, 0) is 0 Å². The van der Waals surface area contributed by atoms with Crippen LogP contribution in [0.2, 0.25) is 0 Å². The molecule has 9 heavy (non-hydrogen) atoms. The monoisotopic (exact) mass is 240 g/mol. The fraction of sp³-hybridized carbons (Fsp3) is 1.00. The second kappa shape index (κ2) is 3.76. The van der Waals surface area contributed by atoms with E-state index in [1.165, 1.54) is 17.5 Å². The van der Waals surface area contributed by atoms with Crippen LogP contribution in [0, 0.1) is 0 Å². The Morgan fingerprint density at radius 3 is 2.56 bits per heavy atom. The fourth-order valence-electron chi connectivity index (χ4n) is 0.982. The molecule has 0 aromatic rings. The zero-order valence-electron chi connectivity index (χ0n) is 6.23. The summed E-state index contributed by atoms with van der Waals surface area (Å²) in [7, 11) is 0. The van der Waals surface area contributed by atoms with E-state index in [1.807, 2.05) is 0 Å². The van der Waals surface area contributed by atoms with E-state index in [1.54, 1.807) is 4.43 Å². The number of hydrogen-bond acceptors (Lipinski definition) is 1. The molecule has 0 N–H and O–H groups in total. The van der Waals surface area contributed by atoms with Crippen molar-refractivity contribution in [1.82, 2.24) is 4.90 Å². The Morgan fingerprint density at radius 1 is 1.44 bits per heavy atom. The molecule has 0 spiro atoms. The molecule has 1 aliphatic rings. The fourth-order valence-corrected chi connectivity index (χ4v) is 3.95. The summed E-state index contributed by atoms with van der Waals surface area (Å²) in [4.78, 5) is 2.61. The molecule has 0 saturated carbocycles. The summed E-state index contributed by atoms with van der Waals surface area (Å²) in [6, 6.07) is 0.796. The third-order valence-electron chi connectivity index (χ3n) is 1.68. The first-order valence-electron chi connectivity index (χ1n) is 3.58. The van der Waals surface area contributed by atoms with Gasteiger partial charge in [0.15, 0.2) is 0 Å². The van der Waals surface area contributed by atoms with E-state index in [4.69, 9.17) is 0 Å². The Bertz CT molecular complexity index is 77.0. The molecule has 1 heterocycles. The van der Waals surface area contributed by atoms with Crippen molar-refractivity contribution in [2.75, 3.05) is 15.5 Å². The molecule has 0 aromatic carbocycles. The van der Waals surface area contributed by atoms with Gasteiger partial charge in [-0.3, -0.25) is 0 Å². The summed E-state index contributed by atoms with van der Waals surface area (Å²) >= 11 is 0.567. The zero-order chi connectivity index (χ0) is 6.69. The van der Waals surface area contributed by atoms with E-state index in [0.717, 1.165) is 6.04 Å². The van der Waals surface area contributed by atoms with Crippen molar-refractivity contribution in [2.24, 2.45) is 0 Å². The van der Waals surface area contributed by atoms with E-state index in [2.05, 4.69) is 18.7 Å². The molecule has 0 radical (unpaired) electrons. The van der Waals surface area contributed by atoms with E-state index in [0.29, 0.717) is 21.2 Å². The summed E-state index contributed by atoms with van der Waals surface area (Å²) in [5.41, 5.74) is 0. The van der Waals surface area contributed by atoms with Gasteiger partial charge in [-0.15, -0.1) is 0 Å². The molecule has 1 saturated heterocycles. The number of hydrogen-bond donors (Lipinski definition) is 0. The molecule has 1 nitrogen and oxygen atoms in total. The number of alkyl halides is 2. The molecular weight excluding hydrogens is 225 g/mol. The molecule has 0 aliphatic carbocycles. The van der Waals surface area contributed by atoms with Crippen molar-refractivity contribution in [2.45, 2.75) is 26.3 Å². The molecule has 0 bridgehead atoms. The minimum atomic E-state index is 0.567. The van der Waals surface area contributed by atoms with Crippen LogP contribution >= 0.6 is 0 Å². The van der Waals surface area contributed by atoms with Crippen molar-refractivity contribution >= 4 is 0 Å². The Morgan fingerprint density at radius 2 is 2.22 bits per heavy atom. The third-order valence-corrected chi connectivity index (χ3v) is 4.57. The molecular formula is C7H15IN-. The Labute approximate surface area is 68.1 Å². The summed E-state index contributed by atoms with van der Waals surface area (Å²) < 4.78 is 3.00. The van der Waals surface area contributed by atoms with Crippen molar-refractivity contribution in [3.63, 3.8) is 0 Å². The van der Waals surface area contributed by atoms with E-state index < -0.39 is 0 Å². The molecule has 0 aromatic heterocycles. The van der Waals surface area contributed by atoms with Crippen molar-refractivity contribution in [3.8, 4) is 0 Å². The maximum atomic E-state index is 2.61. The van der Waals surface area contributed by atoms with Crippen LogP contribution in [0.5, 0.6) is 0 Å². The Kier molecular flexibility index (Phi) is 3.26.